The maximum atomic E-state index is 5.96. The third kappa shape index (κ3) is 4.48. The van der Waals surface area contributed by atoms with Crippen molar-refractivity contribution in [2.24, 2.45) is 4.99 Å². The van der Waals surface area contributed by atoms with E-state index in [2.05, 4.69) is 29.3 Å². The Hall–Kier alpha value is -1.53. The molecule has 0 saturated carbocycles. The van der Waals surface area contributed by atoms with E-state index >= 15 is 0 Å². The second-order valence-electron chi connectivity index (χ2n) is 5.34. The van der Waals surface area contributed by atoms with Crippen LogP contribution in [0.4, 0.5) is 0 Å². The lowest BCUT2D eigenvalue weighted by Gasteiger charge is -2.20. The van der Waals surface area contributed by atoms with Gasteiger partial charge in [0.1, 0.15) is 0 Å². The van der Waals surface area contributed by atoms with E-state index < -0.39 is 0 Å². The van der Waals surface area contributed by atoms with Crippen LogP contribution in [-0.2, 0) is 13.1 Å². The van der Waals surface area contributed by atoms with Crippen molar-refractivity contribution in [2.75, 3.05) is 14.1 Å². The molecule has 120 valence electrons. The SMILES string of the molecule is CN=C(NCc1cc(C(C)C)no1)N(C)Cc1ccc(Cl)s1. The molecule has 2 heterocycles. The van der Waals surface area contributed by atoms with Gasteiger partial charge in [-0.05, 0) is 18.1 Å². The normalized spacial score (nSPS) is 12.0. The molecule has 0 aliphatic rings. The van der Waals surface area contributed by atoms with Crippen molar-refractivity contribution >= 4 is 28.9 Å². The first-order valence-corrected chi connectivity index (χ1v) is 8.30. The van der Waals surface area contributed by atoms with Crippen molar-refractivity contribution < 1.29 is 4.52 Å². The molecule has 22 heavy (non-hydrogen) atoms. The molecule has 5 nitrogen and oxygen atoms in total. The molecule has 0 spiro atoms. The first-order chi connectivity index (χ1) is 10.5. The molecule has 0 unspecified atom stereocenters. The minimum absolute atomic E-state index is 0.364. The van der Waals surface area contributed by atoms with Gasteiger partial charge in [0.25, 0.3) is 0 Å². The van der Waals surface area contributed by atoms with E-state index in [9.17, 15) is 0 Å². The Kier molecular flexibility index (Phi) is 5.85. The van der Waals surface area contributed by atoms with Crippen molar-refractivity contribution in [3.63, 3.8) is 0 Å². The summed E-state index contributed by atoms with van der Waals surface area (Å²) in [6, 6.07) is 5.92. The molecule has 7 heteroatoms. The molecular weight excluding hydrogens is 320 g/mol. The number of guanidine groups is 1. The predicted octanol–water partition coefficient (Wildman–Crippen LogP) is 3.72. The van der Waals surface area contributed by atoms with Crippen LogP contribution in [0.3, 0.4) is 0 Å². The lowest BCUT2D eigenvalue weighted by atomic mass is 10.1. The number of thiophene rings is 1. The Morgan fingerprint density at radius 1 is 1.50 bits per heavy atom. The van der Waals surface area contributed by atoms with E-state index in [0.717, 1.165) is 28.3 Å². The van der Waals surface area contributed by atoms with Gasteiger partial charge in [0.2, 0.25) is 0 Å². The molecule has 0 amide bonds. The van der Waals surface area contributed by atoms with E-state index in [-0.39, 0.29) is 0 Å². The van der Waals surface area contributed by atoms with Crippen molar-refractivity contribution in [1.82, 2.24) is 15.4 Å². The topological polar surface area (TPSA) is 53.7 Å². The molecule has 2 aromatic rings. The number of nitrogens with zero attached hydrogens (tertiary/aromatic N) is 3. The number of hydrogen-bond acceptors (Lipinski definition) is 4. The summed E-state index contributed by atoms with van der Waals surface area (Å²) >= 11 is 7.54. The van der Waals surface area contributed by atoms with Gasteiger partial charge in [0.05, 0.1) is 23.1 Å². The monoisotopic (exact) mass is 340 g/mol. The molecule has 2 rings (SSSR count). The minimum Gasteiger partial charge on any atom is -0.359 e. The second-order valence-corrected chi connectivity index (χ2v) is 7.14. The summed E-state index contributed by atoms with van der Waals surface area (Å²) < 4.78 is 6.12. The average Bonchev–Trinajstić information content (AvgIpc) is 3.09. The van der Waals surface area contributed by atoms with E-state index in [0.29, 0.717) is 12.5 Å². The van der Waals surface area contributed by atoms with Gasteiger partial charge in [-0.25, -0.2) is 0 Å². The maximum absolute atomic E-state index is 5.96. The molecular formula is C15H21ClN4OS. The molecule has 1 N–H and O–H groups in total. The van der Waals surface area contributed by atoms with E-state index in [1.165, 1.54) is 4.88 Å². The number of hydrogen-bond donors (Lipinski definition) is 1. The molecule has 0 aromatic carbocycles. The van der Waals surface area contributed by atoms with Crippen LogP contribution in [0.25, 0.3) is 0 Å². The summed E-state index contributed by atoms with van der Waals surface area (Å²) in [7, 11) is 3.75. The van der Waals surface area contributed by atoms with Crippen molar-refractivity contribution in [3.8, 4) is 0 Å². The van der Waals surface area contributed by atoms with Crippen LogP contribution in [0, 0.1) is 0 Å². The van der Waals surface area contributed by atoms with Crippen molar-refractivity contribution in [3.05, 3.63) is 38.9 Å². The highest BCUT2D eigenvalue weighted by Gasteiger charge is 2.11. The van der Waals surface area contributed by atoms with Gasteiger partial charge in [-0.1, -0.05) is 30.6 Å². The molecule has 0 aliphatic heterocycles. The van der Waals surface area contributed by atoms with Crippen LogP contribution in [0.5, 0.6) is 0 Å². The Morgan fingerprint density at radius 2 is 2.27 bits per heavy atom. The minimum atomic E-state index is 0.364. The Bertz CT molecular complexity index is 635. The zero-order chi connectivity index (χ0) is 16.1. The number of nitrogens with one attached hydrogen (secondary N) is 1. The molecule has 0 fully saturated rings. The molecule has 2 aromatic heterocycles. The lowest BCUT2D eigenvalue weighted by Crippen LogP contribution is -2.37. The molecule has 0 radical (unpaired) electrons. The number of rotatable bonds is 5. The largest absolute Gasteiger partial charge is 0.359 e. The molecule has 0 aliphatic carbocycles. The highest BCUT2D eigenvalue weighted by atomic mass is 35.5. The number of aromatic nitrogens is 1. The first-order valence-electron chi connectivity index (χ1n) is 7.11. The highest BCUT2D eigenvalue weighted by molar-refractivity contribution is 7.16. The van der Waals surface area contributed by atoms with E-state index in [1.807, 2.05) is 30.1 Å². The Morgan fingerprint density at radius 3 is 2.82 bits per heavy atom. The smallest absolute Gasteiger partial charge is 0.194 e. The fraction of sp³-hybridized carbons (Fsp3) is 0.467. The first kappa shape index (κ1) is 16.8. The van der Waals surface area contributed by atoms with Crippen LogP contribution in [0.2, 0.25) is 4.34 Å². The zero-order valence-corrected chi connectivity index (χ0v) is 14.8. The Balaban J connectivity index is 1.91. The van der Waals surface area contributed by atoms with Gasteiger partial charge in [-0.2, -0.15) is 0 Å². The number of aliphatic imine (C=N–C) groups is 1. The summed E-state index contributed by atoms with van der Waals surface area (Å²) in [4.78, 5) is 7.52. The second kappa shape index (κ2) is 7.65. The van der Waals surface area contributed by atoms with Crippen LogP contribution in [0.15, 0.2) is 27.7 Å². The van der Waals surface area contributed by atoms with Gasteiger partial charge in [-0.15, -0.1) is 11.3 Å². The highest BCUT2D eigenvalue weighted by Crippen LogP contribution is 2.22. The standard InChI is InChI=1S/C15H21ClN4OS/c1-10(2)13-7-11(21-19-13)8-18-15(17-3)20(4)9-12-5-6-14(16)22-12/h5-7,10H,8-9H2,1-4H3,(H,17,18). The fourth-order valence-corrected chi connectivity index (χ4v) is 3.12. The van der Waals surface area contributed by atoms with Gasteiger partial charge in [-0.3, -0.25) is 4.99 Å². The van der Waals surface area contributed by atoms with Crippen LogP contribution in [-0.4, -0.2) is 30.1 Å². The zero-order valence-electron chi connectivity index (χ0n) is 13.3. The van der Waals surface area contributed by atoms with Crippen LogP contribution in [0.1, 0.15) is 36.1 Å². The average molecular weight is 341 g/mol. The predicted molar refractivity (Wildman–Crippen MR) is 91.6 cm³/mol. The molecule has 0 saturated heterocycles. The van der Waals surface area contributed by atoms with Crippen LogP contribution < -0.4 is 5.32 Å². The van der Waals surface area contributed by atoms with Gasteiger partial charge in [0.15, 0.2) is 11.7 Å². The molecule has 0 bridgehead atoms. The quantitative estimate of drug-likeness (QED) is 0.665. The summed E-state index contributed by atoms with van der Waals surface area (Å²) in [5.41, 5.74) is 0.966. The summed E-state index contributed by atoms with van der Waals surface area (Å²) in [6.07, 6.45) is 0. The third-order valence-corrected chi connectivity index (χ3v) is 4.40. The fourth-order valence-electron chi connectivity index (χ4n) is 1.98. The Labute approximate surface area is 140 Å². The third-order valence-electron chi connectivity index (χ3n) is 3.18. The lowest BCUT2D eigenvalue weighted by molar-refractivity contribution is 0.369. The summed E-state index contributed by atoms with van der Waals surface area (Å²) in [5, 5.41) is 7.33. The van der Waals surface area contributed by atoms with Crippen molar-refractivity contribution in [1.29, 1.82) is 0 Å². The van der Waals surface area contributed by atoms with E-state index in [4.69, 9.17) is 16.1 Å². The van der Waals surface area contributed by atoms with Gasteiger partial charge < -0.3 is 14.7 Å². The van der Waals surface area contributed by atoms with E-state index in [1.54, 1.807) is 18.4 Å². The summed E-state index contributed by atoms with van der Waals surface area (Å²) in [5.74, 6) is 1.97. The number of halogens is 1. The van der Waals surface area contributed by atoms with Crippen molar-refractivity contribution in [2.45, 2.75) is 32.9 Å². The van der Waals surface area contributed by atoms with Crippen LogP contribution >= 0.6 is 22.9 Å². The maximum Gasteiger partial charge on any atom is 0.194 e. The van der Waals surface area contributed by atoms with Gasteiger partial charge in [0, 0.05) is 25.0 Å². The molecule has 0 atom stereocenters. The summed E-state index contributed by atoms with van der Waals surface area (Å²) in [6.45, 7) is 5.49. The van der Waals surface area contributed by atoms with Gasteiger partial charge >= 0.3 is 0 Å².